The van der Waals surface area contributed by atoms with Crippen molar-refractivity contribution >= 4 is 18.0 Å². The van der Waals surface area contributed by atoms with Gasteiger partial charge in [-0.1, -0.05) is 60.7 Å². The van der Waals surface area contributed by atoms with Crippen LogP contribution in [0.3, 0.4) is 0 Å². The summed E-state index contributed by atoms with van der Waals surface area (Å²) in [5.74, 6) is -1.04. The third-order valence-corrected chi connectivity index (χ3v) is 4.24. The van der Waals surface area contributed by atoms with Crippen LogP contribution in [0, 0.1) is 0 Å². The first-order valence-electron chi connectivity index (χ1n) is 9.39. The molecule has 1 N–H and O–H groups in total. The summed E-state index contributed by atoms with van der Waals surface area (Å²) in [4.78, 5) is 38.6. The molecule has 0 saturated heterocycles. The first kappa shape index (κ1) is 21.9. The van der Waals surface area contributed by atoms with E-state index in [0.29, 0.717) is 5.56 Å². The van der Waals surface area contributed by atoms with E-state index in [4.69, 9.17) is 9.47 Å². The number of esters is 1. The van der Waals surface area contributed by atoms with Crippen LogP contribution in [0.15, 0.2) is 60.7 Å². The van der Waals surface area contributed by atoms with E-state index in [-0.39, 0.29) is 13.2 Å². The summed E-state index contributed by atoms with van der Waals surface area (Å²) in [5, 5.41) is 2.61. The fraction of sp³-hybridized carbons (Fsp3) is 0.318. The quantitative estimate of drug-likeness (QED) is 0.691. The molecule has 2 aromatic carbocycles. The summed E-state index contributed by atoms with van der Waals surface area (Å²) in [7, 11) is 1.49. The highest BCUT2D eigenvalue weighted by Crippen LogP contribution is 2.21. The van der Waals surface area contributed by atoms with Crippen molar-refractivity contribution in [3.63, 3.8) is 0 Å². The minimum absolute atomic E-state index is 0.0897. The molecule has 0 saturated carbocycles. The van der Waals surface area contributed by atoms with Crippen LogP contribution in [0.25, 0.3) is 0 Å². The van der Waals surface area contributed by atoms with Gasteiger partial charge in [-0.15, -0.1) is 0 Å². The summed E-state index contributed by atoms with van der Waals surface area (Å²) in [6.07, 6.45) is -0.651. The van der Waals surface area contributed by atoms with Crippen molar-refractivity contribution in [2.45, 2.75) is 32.5 Å². The Morgan fingerprint density at radius 2 is 1.55 bits per heavy atom. The molecule has 0 heterocycles. The van der Waals surface area contributed by atoms with Crippen LogP contribution >= 0.6 is 0 Å². The number of amides is 2. The van der Waals surface area contributed by atoms with Crippen LogP contribution < -0.4 is 5.32 Å². The molecule has 2 amide bonds. The van der Waals surface area contributed by atoms with Crippen molar-refractivity contribution in [3.8, 4) is 0 Å². The Labute approximate surface area is 170 Å². The Bertz CT molecular complexity index is 810. The Morgan fingerprint density at radius 3 is 2.14 bits per heavy atom. The van der Waals surface area contributed by atoms with E-state index >= 15 is 0 Å². The van der Waals surface area contributed by atoms with Crippen molar-refractivity contribution in [1.82, 2.24) is 10.2 Å². The molecule has 0 unspecified atom stereocenters. The monoisotopic (exact) mass is 398 g/mol. The molecule has 0 fully saturated rings. The fourth-order valence-electron chi connectivity index (χ4n) is 2.73. The second-order valence-electron chi connectivity index (χ2n) is 6.45. The summed E-state index contributed by atoms with van der Waals surface area (Å²) in [6, 6.07) is 16.3. The standard InChI is InChI=1S/C22H26N2O5/c1-4-28-21(26)16(2)23-20(25)19(18-13-9-6-10-14-18)24(3)22(27)29-15-17-11-7-5-8-12-17/h5-14,16,19H,4,15H2,1-3H3,(H,23,25)/t16-,19-/m0/s1. The van der Waals surface area contributed by atoms with Gasteiger partial charge < -0.3 is 14.8 Å². The summed E-state index contributed by atoms with van der Waals surface area (Å²) in [6.45, 7) is 3.53. The van der Waals surface area contributed by atoms with Crippen LogP contribution in [-0.4, -0.2) is 42.6 Å². The highest BCUT2D eigenvalue weighted by Gasteiger charge is 2.31. The van der Waals surface area contributed by atoms with Gasteiger partial charge in [-0.2, -0.15) is 0 Å². The molecule has 2 rings (SSSR count). The zero-order valence-electron chi connectivity index (χ0n) is 16.8. The number of hydrogen-bond acceptors (Lipinski definition) is 5. The second kappa shape index (κ2) is 10.8. The molecule has 0 aromatic heterocycles. The van der Waals surface area contributed by atoms with Crippen molar-refractivity contribution in [2.75, 3.05) is 13.7 Å². The number of ether oxygens (including phenoxy) is 2. The van der Waals surface area contributed by atoms with Crippen LogP contribution in [0.1, 0.15) is 31.0 Å². The lowest BCUT2D eigenvalue weighted by Gasteiger charge is -2.28. The van der Waals surface area contributed by atoms with Crippen molar-refractivity contribution in [3.05, 3.63) is 71.8 Å². The third kappa shape index (κ3) is 6.34. The Hall–Kier alpha value is -3.35. The number of rotatable bonds is 8. The number of likely N-dealkylation sites (N-methyl/N-ethyl adjacent to an activating group) is 1. The molecular formula is C22H26N2O5. The Morgan fingerprint density at radius 1 is 0.966 bits per heavy atom. The molecule has 154 valence electrons. The second-order valence-corrected chi connectivity index (χ2v) is 6.45. The molecule has 2 aromatic rings. The van der Waals surface area contributed by atoms with Gasteiger partial charge in [0.05, 0.1) is 6.61 Å². The van der Waals surface area contributed by atoms with E-state index in [1.807, 2.05) is 36.4 Å². The maximum absolute atomic E-state index is 12.9. The minimum atomic E-state index is -0.962. The maximum atomic E-state index is 12.9. The third-order valence-electron chi connectivity index (χ3n) is 4.24. The van der Waals surface area contributed by atoms with Crippen LogP contribution in [0.5, 0.6) is 0 Å². The molecule has 2 atom stereocenters. The predicted octanol–water partition coefficient (Wildman–Crippen LogP) is 3.06. The number of carbonyl (C=O) groups excluding carboxylic acids is 3. The molecule has 0 aliphatic rings. The van der Waals surface area contributed by atoms with Crippen molar-refractivity contribution in [2.24, 2.45) is 0 Å². The predicted molar refractivity (Wildman–Crippen MR) is 108 cm³/mol. The largest absolute Gasteiger partial charge is 0.464 e. The molecule has 0 aliphatic carbocycles. The van der Waals surface area contributed by atoms with E-state index in [1.165, 1.54) is 18.9 Å². The first-order valence-corrected chi connectivity index (χ1v) is 9.39. The van der Waals surface area contributed by atoms with Gasteiger partial charge in [0.1, 0.15) is 18.7 Å². The SMILES string of the molecule is CCOC(=O)[C@H](C)NC(=O)[C@H](c1ccccc1)N(C)C(=O)OCc1ccccc1. The van der Waals surface area contributed by atoms with Gasteiger partial charge in [0.15, 0.2) is 0 Å². The van der Waals surface area contributed by atoms with Crippen LogP contribution in [0.2, 0.25) is 0 Å². The molecule has 7 nitrogen and oxygen atoms in total. The minimum Gasteiger partial charge on any atom is -0.464 e. The van der Waals surface area contributed by atoms with E-state index in [1.54, 1.807) is 31.2 Å². The van der Waals surface area contributed by atoms with E-state index in [2.05, 4.69) is 5.32 Å². The zero-order chi connectivity index (χ0) is 21.2. The lowest BCUT2D eigenvalue weighted by molar-refractivity contribution is -0.147. The van der Waals surface area contributed by atoms with Crippen molar-refractivity contribution < 1.29 is 23.9 Å². The zero-order valence-corrected chi connectivity index (χ0v) is 16.8. The summed E-state index contributed by atoms with van der Waals surface area (Å²) >= 11 is 0. The van der Waals surface area contributed by atoms with Gasteiger partial charge in [-0.25, -0.2) is 9.59 Å². The van der Waals surface area contributed by atoms with E-state index in [9.17, 15) is 14.4 Å². The average molecular weight is 398 g/mol. The van der Waals surface area contributed by atoms with Gasteiger partial charge in [0, 0.05) is 7.05 Å². The van der Waals surface area contributed by atoms with E-state index < -0.39 is 30.1 Å². The molecule has 0 radical (unpaired) electrons. The summed E-state index contributed by atoms with van der Waals surface area (Å²) < 4.78 is 10.3. The Kier molecular flexibility index (Phi) is 8.21. The number of nitrogens with one attached hydrogen (secondary N) is 1. The molecule has 0 spiro atoms. The molecular weight excluding hydrogens is 372 g/mol. The number of hydrogen-bond donors (Lipinski definition) is 1. The number of carbonyl (C=O) groups is 3. The van der Waals surface area contributed by atoms with Gasteiger partial charge in [0.2, 0.25) is 5.91 Å². The first-order chi connectivity index (χ1) is 13.9. The lowest BCUT2D eigenvalue weighted by Crippen LogP contribution is -2.47. The van der Waals surface area contributed by atoms with E-state index in [0.717, 1.165) is 5.56 Å². The normalized spacial score (nSPS) is 12.4. The average Bonchev–Trinajstić information content (AvgIpc) is 2.73. The topological polar surface area (TPSA) is 84.9 Å². The van der Waals surface area contributed by atoms with Crippen molar-refractivity contribution in [1.29, 1.82) is 0 Å². The van der Waals surface area contributed by atoms with Gasteiger partial charge in [0.25, 0.3) is 0 Å². The lowest BCUT2D eigenvalue weighted by atomic mass is 10.0. The molecule has 0 aliphatic heterocycles. The highest BCUT2D eigenvalue weighted by atomic mass is 16.6. The smallest absolute Gasteiger partial charge is 0.410 e. The summed E-state index contributed by atoms with van der Waals surface area (Å²) in [5.41, 5.74) is 1.44. The van der Waals surface area contributed by atoms with Crippen LogP contribution in [-0.2, 0) is 25.7 Å². The highest BCUT2D eigenvalue weighted by molar-refractivity contribution is 5.90. The van der Waals surface area contributed by atoms with Gasteiger partial charge in [-0.3, -0.25) is 9.69 Å². The Balaban J connectivity index is 2.13. The molecule has 29 heavy (non-hydrogen) atoms. The molecule has 0 bridgehead atoms. The fourth-order valence-corrected chi connectivity index (χ4v) is 2.73. The number of nitrogens with zero attached hydrogens (tertiary/aromatic N) is 1. The molecule has 7 heteroatoms. The maximum Gasteiger partial charge on any atom is 0.410 e. The van der Waals surface area contributed by atoms with Gasteiger partial charge >= 0.3 is 12.1 Å². The van der Waals surface area contributed by atoms with Crippen LogP contribution in [0.4, 0.5) is 4.79 Å². The number of benzene rings is 2. The van der Waals surface area contributed by atoms with Gasteiger partial charge in [-0.05, 0) is 25.0 Å².